The summed E-state index contributed by atoms with van der Waals surface area (Å²) in [6.45, 7) is 1.11. The van der Waals surface area contributed by atoms with Crippen LogP contribution in [-0.4, -0.2) is 46.2 Å². The SMILES string of the molecule is COc1ccc(N[C@@H]2CCCN(C(=O)c3cc(=O)n(C)c(=O)n3C)C2)cc1. The molecule has 1 aliphatic heterocycles. The van der Waals surface area contributed by atoms with Crippen molar-refractivity contribution >= 4 is 11.6 Å². The van der Waals surface area contributed by atoms with Gasteiger partial charge >= 0.3 is 5.69 Å². The van der Waals surface area contributed by atoms with Crippen LogP contribution in [-0.2, 0) is 14.1 Å². The number of hydrogen-bond donors (Lipinski definition) is 1. The van der Waals surface area contributed by atoms with Crippen LogP contribution in [0.15, 0.2) is 39.9 Å². The highest BCUT2D eigenvalue weighted by Gasteiger charge is 2.26. The van der Waals surface area contributed by atoms with Gasteiger partial charge in [-0.2, -0.15) is 0 Å². The highest BCUT2D eigenvalue weighted by molar-refractivity contribution is 5.92. The number of ether oxygens (including phenoxy) is 1. The monoisotopic (exact) mass is 372 g/mol. The predicted molar refractivity (Wildman–Crippen MR) is 102 cm³/mol. The molecular formula is C19H24N4O4. The summed E-state index contributed by atoms with van der Waals surface area (Å²) in [6, 6.07) is 8.95. The normalized spacial score (nSPS) is 16.9. The molecule has 1 atom stereocenters. The van der Waals surface area contributed by atoms with Gasteiger partial charge in [0.2, 0.25) is 0 Å². The molecule has 1 aromatic heterocycles. The average Bonchev–Trinajstić information content (AvgIpc) is 2.69. The largest absolute Gasteiger partial charge is 0.497 e. The van der Waals surface area contributed by atoms with Gasteiger partial charge in [-0.15, -0.1) is 0 Å². The van der Waals surface area contributed by atoms with Gasteiger partial charge in [0, 0.05) is 45.0 Å². The number of rotatable bonds is 4. The molecule has 1 fully saturated rings. The highest BCUT2D eigenvalue weighted by Crippen LogP contribution is 2.20. The first-order valence-electron chi connectivity index (χ1n) is 8.87. The first-order chi connectivity index (χ1) is 12.9. The molecular weight excluding hydrogens is 348 g/mol. The summed E-state index contributed by atoms with van der Waals surface area (Å²) in [4.78, 5) is 38.6. The van der Waals surface area contributed by atoms with Crippen LogP contribution in [0.3, 0.4) is 0 Å². The van der Waals surface area contributed by atoms with Crippen LogP contribution in [0.4, 0.5) is 5.69 Å². The summed E-state index contributed by atoms with van der Waals surface area (Å²) < 4.78 is 7.37. The molecule has 0 bridgehead atoms. The van der Waals surface area contributed by atoms with E-state index in [4.69, 9.17) is 4.74 Å². The van der Waals surface area contributed by atoms with E-state index in [0.29, 0.717) is 13.1 Å². The van der Waals surface area contributed by atoms with Gasteiger partial charge in [0.1, 0.15) is 11.4 Å². The highest BCUT2D eigenvalue weighted by atomic mass is 16.5. The minimum atomic E-state index is -0.504. The molecule has 0 spiro atoms. The molecule has 1 aliphatic rings. The van der Waals surface area contributed by atoms with E-state index in [1.54, 1.807) is 12.0 Å². The number of methoxy groups -OCH3 is 1. The first kappa shape index (κ1) is 18.8. The van der Waals surface area contributed by atoms with Crippen LogP contribution in [0.25, 0.3) is 0 Å². The molecule has 2 heterocycles. The molecule has 0 aliphatic carbocycles. The van der Waals surface area contributed by atoms with Gasteiger partial charge in [-0.1, -0.05) is 0 Å². The Balaban J connectivity index is 1.75. The van der Waals surface area contributed by atoms with Crippen molar-refractivity contribution < 1.29 is 9.53 Å². The maximum absolute atomic E-state index is 12.9. The number of aromatic nitrogens is 2. The van der Waals surface area contributed by atoms with Gasteiger partial charge in [-0.25, -0.2) is 4.79 Å². The zero-order valence-corrected chi connectivity index (χ0v) is 15.8. The van der Waals surface area contributed by atoms with Crippen molar-refractivity contribution in [2.45, 2.75) is 18.9 Å². The Kier molecular flexibility index (Phi) is 5.34. The molecule has 8 heteroatoms. The molecule has 1 amide bonds. The van der Waals surface area contributed by atoms with Crippen LogP contribution in [0.5, 0.6) is 5.75 Å². The second-order valence-corrected chi connectivity index (χ2v) is 6.73. The number of anilines is 1. The topological polar surface area (TPSA) is 85.6 Å². The number of likely N-dealkylation sites (tertiary alicyclic amines) is 1. The van der Waals surface area contributed by atoms with Gasteiger partial charge in [0.25, 0.3) is 11.5 Å². The number of hydrogen-bond acceptors (Lipinski definition) is 5. The Morgan fingerprint density at radius 3 is 2.52 bits per heavy atom. The van der Waals surface area contributed by atoms with Crippen molar-refractivity contribution in [3.05, 3.63) is 56.9 Å². The van der Waals surface area contributed by atoms with Crippen molar-refractivity contribution in [3.63, 3.8) is 0 Å². The van der Waals surface area contributed by atoms with E-state index in [1.807, 2.05) is 24.3 Å². The zero-order valence-electron chi connectivity index (χ0n) is 15.8. The molecule has 1 N–H and O–H groups in total. The standard InChI is InChI=1S/C19H24N4O4/c1-21-16(11-17(24)22(2)19(21)26)18(25)23-10-4-5-14(12-23)20-13-6-8-15(27-3)9-7-13/h6-9,11,14,20H,4-5,10,12H2,1-3H3/t14-/m1/s1. The third-order valence-electron chi connectivity index (χ3n) is 4.91. The van der Waals surface area contributed by atoms with Crippen LogP contribution in [0, 0.1) is 0 Å². The van der Waals surface area contributed by atoms with Gasteiger partial charge in [-0.3, -0.25) is 18.7 Å². The molecule has 144 valence electrons. The summed E-state index contributed by atoms with van der Waals surface area (Å²) in [5, 5.41) is 3.43. The maximum Gasteiger partial charge on any atom is 0.331 e. The van der Waals surface area contributed by atoms with E-state index in [1.165, 1.54) is 24.7 Å². The van der Waals surface area contributed by atoms with E-state index in [0.717, 1.165) is 28.8 Å². The average molecular weight is 372 g/mol. The summed E-state index contributed by atoms with van der Waals surface area (Å²) in [6.07, 6.45) is 1.78. The fourth-order valence-corrected chi connectivity index (χ4v) is 3.30. The van der Waals surface area contributed by atoms with Crippen molar-refractivity contribution in [2.24, 2.45) is 14.1 Å². The Bertz CT molecular complexity index is 946. The minimum Gasteiger partial charge on any atom is -0.497 e. The lowest BCUT2D eigenvalue weighted by molar-refractivity contribution is 0.0702. The molecule has 0 unspecified atom stereocenters. The van der Waals surface area contributed by atoms with Crippen LogP contribution in [0.1, 0.15) is 23.3 Å². The quantitative estimate of drug-likeness (QED) is 0.858. The molecule has 8 nitrogen and oxygen atoms in total. The van der Waals surface area contributed by atoms with Gasteiger partial charge in [0.05, 0.1) is 7.11 Å². The number of nitrogens with zero attached hydrogens (tertiary/aromatic N) is 3. The van der Waals surface area contributed by atoms with Gasteiger partial charge in [-0.05, 0) is 37.1 Å². The van der Waals surface area contributed by atoms with E-state index in [2.05, 4.69) is 5.32 Å². The van der Waals surface area contributed by atoms with Crippen LogP contribution >= 0.6 is 0 Å². The lowest BCUT2D eigenvalue weighted by Gasteiger charge is -2.34. The van der Waals surface area contributed by atoms with E-state index in [9.17, 15) is 14.4 Å². The number of carbonyl (C=O) groups is 1. The fourth-order valence-electron chi connectivity index (χ4n) is 3.30. The van der Waals surface area contributed by atoms with E-state index in [-0.39, 0.29) is 17.6 Å². The summed E-state index contributed by atoms with van der Waals surface area (Å²) >= 11 is 0. The number of nitrogens with one attached hydrogen (secondary N) is 1. The second-order valence-electron chi connectivity index (χ2n) is 6.73. The van der Waals surface area contributed by atoms with E-state index >= 15 is 0 Å². The van der Waals surface area contributed by atoms with Crippen molar-refractivity contribution in [1.29, 1.82) is 0 Å². The Labute approximate surface area is 157 Å². The van der Waals surface area contributed by atoms with Gasteiger partial charge < -0.3 is 15.0 Å². The summed E-state index contributed by atoms with van der Waals surface area (Å²) in [5.74, 6) is 0.487. The molecule has 1 saturated heterocycles. The molecule has 1 aromatic carbocycles. The Hall–Kier alpha value is -3.03. The summed E-state index contributed by atoms with van der Waals surface area (Å²) in [7, 11) is 4.53. The number of benzene rings is 1. The fraction of sp³-hybridized carbons (Fsp3) is 0.421. The lowest BCUT2D eigenvalue weighted by Crippen LogP contribution is -2.48. The number of amides is 1. The molecule has 27 heavy (non-hydrogen) atoms. The maximum atomic E-state index is 12.9. The number of piperidine rings is 1. The third kappa shape index (κ3) is 3.89. The Morgan fingerprint density at radius 2 is 1.85 bits per heavy atom. The molecule has 0 radical (unpaired) electrons. The van der Waals surface area contributed by atoms with Gasteiger partial charge in [0.15, 0.2) is 0 Å². The number of carbonyl (C=O) groups excluding carboxylic acids is 1. The molecule has 3 rings (SSSR count). The first-order valence-corrected chi connectivity index (χ1v) is 8.87. The van der Waals surface area contributed by atoms with Crippen LogP contribution in [0.2, 0.25) is 0 Å². The third-order valence-corrected chi connectivity index (χ3v) is 4.91. The van der Waals surface area contributed by atoms with Crippen LogP contribution < -0.4 is 21.3 Å². The molecule has 0 saturated carbocycles. The van der Waals surface area contributed by atoms with Crippen molar-refractivity contribution in [2.75, 3.05) is 25.5 Å². The summed E-state index contributed by atoms with van der Waals surface area (Å²) in [5.41, 5.74) is 0.0893. The Morgan fingerprint density at radius 1 is 1.15 bits per heavy atom. The second kappa shape index (κ2) is 7.69. The zero-order chi connectivity index (χ0) is 19.6. The lowest BCUT2D eigenvalue weighted by atomic mass is 10.0. The molecule has 2 aromatic rings. The van der Waals surface area contributed by atoms with E-state index < -0.39 is 11.2 Å². The smallest absolute Gasteiger partial charge is 0.331 e. The predicted octanol–water partition coefficient (Wildman–Crippen LogP) is 0.809. The minimum absolute atomic E-state index is 0.0969. The van der Waals surface area contributed by atoms with Crippen molar-refractivity contribution in [1.82, 2.24) is 14.0 Å². The van der Waals surface area contributed by atoms with Crippen molar-refractivity contribution in [3.8, 4) is 5.75 Å².